The Morgan fingerprint density at radius 2 is 1.91 bits per heavy atom. The van der Waals surface area contributed by atoms with Crippen LogP contribution in [-0.2, 0) is 16.2 Å². The molecule has 164 valence electrons. The van der Waals surface area contributed by atoms with E-state index in [1.54, 1.807) is 32.1 Å². The van der Waals surface area contributed by atoms with Crippen LogP contribution in [0.25, 0.3) is 28.1 Å². The zero-order chi connectivity index (χ0) is 23.3. The molecule has 1 aliphatic rings. The van der Waals surface area contributed by atoms with Crippen LogP contribution in [0.4, 0.5) is 13.2 Å². The smallest absolute Gasteiger partial charge is 0.291 e. The lowest BCUT2D eigenvalue weighted by atomic mass is 10.1. The topological polar surface area (TPSA) is 101 Å². The number of halogens is 3. The van der Waals surface area contributed by atoms with Crippen LogP contribution in [0.5, 0.6) is 0 Å². The predicted octanol–water partition coefficient (Wildman–Crippen LogP) is 4.09. The Balaban J connectivity index is 1.93. The highest BCUT2D eigenvalue weighted by atomic mass is 32.2. The van der Waals surface area contributed by atoms with Crippen molar-refractivity contribution in [2.75, 3.05) is 0 Å². The molecule has 0 unspecified atom stereocenters. The third-order valence-electron chi connectivity index (χ3n) is 4.72. The predicted molar refractivity (Wildman–Crippen MR) is 112 cm³/mol. The number of alkyl halides is 3. The fourth-order valence-corrected chi connectivity index (χ4v) is 4.51. The van der Waals surface area contributed by atoms with Crippen molar-refractivity contribution in [1.82, 2.24) is 19.3 Å². The quantitative estimate of drug-likeness (QED) is 0.620. The third-order valence-corrected chi connectivity index (χ3v) is 6.36. The van der Waals surface area contributed by atoms with E-state index in [-0.39, 0.29) is 38.9 Å². The van der Waals surface area contributed by atoms with Crippen LogP contribution >= 0.6 is 0 Å². The number of rotatable bonds is 5. The highest BCUT2D eigenvalue weighted by molar-refractivity contribution is 7.89. The minimum absolute atomic E-state index is 0.0264. The van der Waals surface area contributed by atoms with Gasteiger partial charge in [0.15, 0.2) is 0 Å². The van der Waals surface area contributed by atoms with Crippen molar-refractivity contribution in [2.24, 2.45) is 0 Å². The Kier molecular flexibility index (Phi) is 5.15. The standard InChI is InChI=1S/C21H16F3N5O2S/c1-12(2)28-32(30,31)15-6-7-18(26-11-15)19-17(9-25)16-8-13(21(22,23)24)10-27-20(16)29(19)14-4-3-5-14/h3-8,10-12,28H,1-2H3. The average Bonchev–Trinajstić information content (AvgIpc) is 2.98. The molecule has 0 amide bonds. The van der Waals surface area contributed by atoms with Crippen molar-refractivity contribution in [1.29, 1.82) is 5.26 Å². The number of nitrogens with zero attached hydrogens (tertiary/aromatic N) is 4. The van der Waals surface area contributed by atoms with Gasteiger partial charge in [-0.1, -0.05) is 6.08 Å². The number of pyridine rings is 2. The second-order valence-electron chi connectivity index (χ2n) is 7.37. The molecule has 4 rings (SSSR count). The van der Waals surface area contributed by atoms with Crippen molar-refractivity contribution < 1.29 is 21.6 Å². The van der Waals surface area contributed by atoms with Gasteiger partial charge in [-0.3, -0.25) is 9.55 Å². The molecule has 0 spiro atoms. The van der Waals surface area contributed by atoms with Gasteiger partial charge in [0.1, 0.15) is 16.6 Å². The van der Waals surface area contributed by atoms with Crippen LogP contribution in [0.2, 0.25) is 0 Å². The first-order valence-electron chi connectivity index (χ1n) is 9.42. The van der Waals surface area contributed by atoms with Gasteiger partial charge in [0, 0.05) is 29.5 Å². The van der Waals surface area contributed by atoms with E-state index in [0.29, 0.717) is 11.9 Å². The molecule has 0 fully saturated rings. The van der Waals surface area contributed by atoms with E-state index in [1.165, 1.54) is 16.7 Å². The van der Waals surface area contributed by atoms with Gasteiger partial charge in [-0.05, 0) is 44.2 Å². The molecule has 0 bridgehead atoms. The van der Waals surface area contributed by atoms with Crippen LogP contribution in [-0.4, -0.2) is 29.0 Å². The van der Waals surface area contributed by atoms with E-state index in [2.05, 4.69) is 14.7 Å². The number of nitriles is 1. The van der Waals surface area contributed by atoms with Gasteiger partial charge in [0.2, 0.25) is 10.0 Å². The molecule has 1 aliphatic carbocycles. The Morgan fingerprint density at radius 3 is 2.41 bits per heavy atom. The molecule has 7 nitrogen and oxygen atoms in total. The summed E-state index contributed by atoms with van der Waals surface area (Å²) in [7, 11) is -3.78. The molecule has 3 heterocycles. The number of hydrogen-bond donors (Lipinski definition) is 1. The van der Waals surface area contributed by atoms with E-state index >= 15 is 0 Å². The molecular weight excluding hydrogens is 443 g/mol. The lowest BCUT2D eigenvalue weighted by Crippen LogP contribution is -2.30. The number of allylic oxidation sites excluding steroid dienone is 4. The molecule has 1 N–H and O–H groups in total. The maximum Gasteiger partial charge on any atom is 0.417 e. The zero-order valence-corrected chi connectivity index (χ0v) is 17.7. The lowest BCUT2D eigenvalue weighted by Gasteiger charge is -2.15. The minimum Gasteiger partial charge on any atom is -0.291 e. The van der Waals surface area contributed by atoms with E-state index in [9.17, 15) is 26.9 Å². The number of hydrogen-bond acceptors (Lipinski definition) is 5. The Hall–Kier alpha value is -3.49. The lowest BCUT2D eigenvalue weighted by molar-refractivity contribution is -0.137. The number of aromatic nitrogens is 3. The van der Waals surface area contributed by atoms with Gasteiger partial charge in [-0.25, -0.2) is 18.1 Å². The molecule has 0 saturated heterocycles. The van der Waals surface area contributed by atoms with Crippen molar-refractivity contribution in [3.05, 3.63) is 59.9 Å². The van der Waals surface area contributed by atoms with Gasteiger partial charge >= 0.3 is 6.18 Å². The van der Waals surface area contributed by atoms with Crippen molar-refractivity contribution in [3.63, 3.8) is 0 Å². The maximum absolute atomic E-state index is 13.2. The van der Waals surface area contributed by atoms with Crippen LogP contribution in [0.15, 0.2) is 53.7 Å². The summed E-state index contributed by atoms with van der Waals surface area (Å²) < 4.78 is 68.4. The first-order valence-corrected chi connectivity index (χ1v) is 10.9. The molecule has 11 heteroatoms. The normalized spacial score (nSPS) is 13.8. The zero-order valence-electron chi connectivity index (χ0n) is 16.8. The summed E-state index contributed by atoms with van der Waals surface area (Å²) in [6.45, 7) is 3.36. The number of fused-ring (bicyclic) bond motifs is 1. The SMILES string of the molecule is CC(C)NS(=O)(=O)c1ccc(-c2c(C#N)c3cc(C(F)(F)F)cnc3n2C2=CC=C2)nc1. The summed E-state index contributed by atoms with van der Waals surface area (Å²) in [5.74, 6) is 0. The van der Waals surface area contributed by atoms with Crippen LogP contribution in [0.3, 0.4) is 0 Å². The minimum atomic E-state index is -4.62. The van der Waals surface area contributed by atoms with Crippen molar-refractivity contribution >= 4 is 26.8 Å². The van der Waals surface area contributed by atoms with Gasteiger partial charge in [-0.2, -0.15) is 18.4 Å². The van der Waals surface area contributed by atoms with Crippen molar-refractivity contribution in [2.45, 2.75) is 31.0 Å². The molecule has 0 atom stereocenters. The monoisotopic (exact) mass is 459 g/mol. The molecule has 0 aromatic carbocycles. The average molecular weight is 459 g/mol. The maximum atomic E-state index is 13.2. The summed E-state index contributed by atoms with van der Waals surface area (Å²) in [5.41, 5.74) is 0.211. The van der Waals surface area contributed by atoms with Crippen molar-refractivity contribution in [3.8, 4) is 17.5 Å². The molecule has 0 radical (unpaired) electrons. The second-order valence-corrected chi connectivity index (χ2v) is 9.08. The fraction of sp³-hybridized carbons (Fsp3) is 0.190. The summed E-state index contributed by atoms with van der Waals surface area (Å²) in [6.07, 6.45) is 2.41. The molecule has 0 aliphatic heterocycles. The summed E-state index contributed by atoms with van der Waals surface area (Å²) >= 11 is 0. The van der Waals surface area contributed by atoms with E-state index in [1.807, 2.05) is 6.07 Å². The second kappa shape index (κ2) is 7.58. The van der Waals surface area contributed by atoms with E-state index in [0.717, 1.165) is 12.3 Å². The van der Waals surface area contributed by atoms with Crippen LogP contribution in [0.1, 0.15) is 25.0 Å². The largest absolute Gasteiger partial charge is 0.417 e. The number of sulfonamides is 1. The first kappa shape index (κ1) is 21.7. The van der Waals surface area contributed by atoms with Crippen LogP contribution < -0.4 is 4.72 Å². The first-order chi connectivity index (χ1) is 15.0. The van der Waals surface area contributed by atoms with Gasteiger partial charge < -0.3 is 0 Å². The van der Waals surface area contributed by atoms with Gasteiger partial charge in [-0.15, -0.1) is 0 Å². The molecule has 3 aromatic heterocycles. The van der Waals surface area contributed by atoms with E-state index in [4.69, 9.17) is 0 Å². The fourth-order valence-electron chi connectivity index (χ4n) is 3.32. The van der Waals surface area contributed by atoms with Gasteiger partial charge in [0.05, 0.1) is 22.5 Å². The van der Waals surface area contributed by atoms with Gasteiger partial charge in [0.25, 0.3) is 0 Å². The molecule has 0 saturated carbocycles. The van der Waals surface area contributed by atoms with E-state index < -0.39 is 21.8 Å². The Bertz CT molecular complexity index is 1430. The summed E-state index contributed by atoms with van der Waals surface area (Å²) in [4.78, 5) is 8.11. The third kappa shape index (κ3) is 3.68. The Labute approximate surface area is 181 Å². The summed E-state index contributed by atoms with van der Waals surface area (Å²) in [6, 6.07) is 5.26. The molecular formula is C21H16F3N5O2S. The highest BCUT2D eigenvalue weighted by Crippen LogP contribution is 2.38. The summed E-state index contributed by atoms with van der Waals surface area (Å²) in [5, 5.41) is 9.82. The Morgan fingerprint density at radius 1 is 1.19 bits per heavy atom. The highest BCUT2D eigenvalue weighted by Gasteiger charge is 2.33. The molecule has 3 aromatic rings. The molecule has 32 heavy (non-hydrogen) atoms. The number of nitrogens with one attached hydrogen (secondary N) is 1. The van der Waals surface area contributed by atoms with Crippen LogP contribution in [0, 0.1) is 11.3 Å².